The molecule has 1 amide bonds. The van der Waals surface area contributed by atoms with Gasteiger partial charge in [-0.15, -0.1) is 0 Å². The number of aromatic nitrogens is 1. The van der Waals surface area contributed by atoms with E-state index < -0.39 is 0 Å². The molecule has 17 heavy (non-hydrogen) atoms. The summed E-state index contributed by atoms with van der Waals surface area (Å²) in [6, 6.07) is 3.59. The molecule has 92 valence electrons. The molecule has 1 unspecified atom stereocenters. The van der Waals surface area contributed by atoms with Gasteiger partial charge in [-0.25, -0.2) is 4.98 Å². The minimum atomic E-state index is 0.122. The Morgan fingerprint density at radius 1 is 1.65 bits per heavy atom. The van der Waals surface area contributed by atoms with Crippen molar-refractivity contribution in [2.75, 3.05) is 24.3 Å². The lowest BCUT2D eigenvalue weighted by Gasteiger charge is -2.17. The quantitative estimate of drug-likeness (QED) is 0.686. The van der Waals surface area contributed by atoms with Crippen LogP contribution in [0.15, 0.2) is 16.7 Å². The lowest BCUT2D eigenvalue weighted by molar-refractivity contribution is -0.117. The summed E-state index contributed by atoms with van der Waals surface area (Å²) in [5.41, 5.74) is 0.792. The van der Waals surface area contributed by atoms with Gasteiger partial charge in [-0.2, -0.15) is 12.6 Å². The molecule has 1 saturated heterocycles. The van der Waals surface area contributed by atoms with Gasteiger partial charge in [0.05, 0.1) is 12.8 Å². The molecule has 0 radical (unpaired) electrons. The Bertz CT molecular complexity index is 441. The van der Waals surface area contributed by atoms with Crippen LogP contribution >= 0.6 is 28.6 Å². The van der Waals surface area contributed by atoms with Crippen molar-refractivity contribution in [2.45, 2.75) is 6.42 Å². The predicted molar refractivity (Wildman–Crippen MR) is 72.8 cm³/mol. The molecule has 1 aromatic heterocycles. The second-order valence-electron chi connectivity index (χ2n) is 3.92. The van der Waals surface area contributed by atoms with Crippen LogP contribution < -0.4 is 9.64 Å². The summed E-state index contributed by atoms with van der Waals surface area (Å²) in [6.45, 7) is 0.703. The lowest BCUT2D eigenvalue weighted by Crippen LogP contribution is -2.25. The third kappa shape index (κ3) is 2.57. The normalized spacial score (nSPS) is 19.8. The summed E-state index contributed by atoms with van der Waals surface area (Å²) >= 11 is 7.60. The lowest BCUT2D eigenvalue weighted by atomic mass is 10.1. The summed E-state index contributed by atoms with van der Waals surface area (Å²) in [5.74, 6) is 1.69. The van der Waals surface area contributed by atoms with Crippen LogP contribution in [0.5, 0.6) is 5.88 Å². The highest BCUT2D eigenvalue weighted by Crippen LogP contribution is 2.31. The number of ether oxygens (including phenoxy) is 1. The Balaban J connectivity index is 2.26. The summed E-state index contributed by atoms with van der Waals surface area (Å²) in [4.78, 5) is 17.8. The van der Waals surface area contributed by atoms with E-state index in [1.54, 1.807) is 18.1 Å². The molecule has 2 rings (SSSR count). The molecule has 0 saturated carbocycles. The maximum Gasteiger partial charge on any atom is 0.227 e. The first-order valence-corrected chi connectivity index (χ1v) is 6.70. The second kappa shape index (κ2) is 5.27. The predicted octanol–water partition coefficient (Wildman–Crippen LogP) is 2.14. The number of halogens is 1. The second-order valence-corrected chi connectivity index (χ2v) is 5.04. The Kier molecular flexibility index (Phi) is 3.93. The van der Waals surface area contributed by atoms with E-state index in [1.165, 1.54) is 0 Å². The molecule has 1 atom stereocenters. The molecule has 6 heteroatoms. The first-order chi connectivity index (χ1) is 8.15. The Morgan fingerprint density at radius 3 is 2.94 bits per heavy atom. The smallest absolute Gasteiger partial charge is 0.227 e. The van der Waals surface area contributed by atoms with E-state index in [9.17, 15) is 4.79 Å². The van der Waals surface area contributed by atoms with Gasteiger partial charge in [-0.1, -0.05) is 0 Å². The monoisotopic (exact) mass is 316 g/mol. The zero-order valence-electron chi connectivity index (χ0n) is 9.39. The first-order valence-electron chi connectivity index (χ1n) is 5.27. The van der Waals surface area contributed by atoms with Crippen molar-refractivity contribution in [3.8, 4) is 5.88 Å². The minimum absolute atomic E-state index is 0.122. The third-order valence-electron chi connectivity index (χ3n) is 2.77. The van der Waals surface area contributed by atoms with Crippen LogP contribution in [-0.2, 0) is 4.79 Å². The van der Waals surface area contributed by atoms with E-state index in [0.717, 1.165) is 11.4 Å². The van der Waals surface area contributed by atoms with Gasteiger partial charge in [0.2, 0.25) is 11.8 Å². The molecule has 0 bridgehead atoms. The van der Waals surface area contributed by atoms with Gasteiger partial charge in [-0.05, 0) is 33.7 Å². The minimum Gasteiger partial charge on any atom is -0.481 e. The zero-order valence-corrected chi connectivity index (χ0v) is 11.9. The highest BCUT2D eigenvalue weighted by Gasteiger charge is 2.31. The number of carbonyl (C=O) groups excluding carboxylic acids is 1. The topological polar surface area (TPSA) is 42.4 Å². The maximum absolute atomic E-state index is 11.9. The number of nitrogens with zero attached hydrogens (tertiary/aromatic N) is 2. The van der Waals surface area contributed by atoms with Gasteiger partial charge < -0.3 is 9.64 Å². The van der Waals surface area contributed by atoms with Gasteiger partial charge in [-0.3, -0.25) is 4.79 Å². The zero-order chi connectivity index (χ0) is 12.4. The molecular formula is C11H13BrN2O2S. The average Bonchev–Trinajstić information content (AvgIpc) is 2.70. The number of hydrogen-bond donors (Lipinski definition) is 1. The van der Waals surface area contributed by atoms with E-state index in [1.807, 2.05) is 6.07 Å². The fourth-order valence-electron chi connectivity index (χ4n) is 1.86. The van der Waals surface area contributed by atoms with E-state index >= 15 is 0 Å². The molecule has 1 aromatic rings. The SMILES string of the molecule is COc1ccc(N2CC(CS)CC2=O)c(Br)n1. The van der Waals surface area contributed by atoms with E-state index in [2.05, 4.69) is 33.5 Å². The van der Waals surface area contributed by atoms with Crippen molar-refractivity contribution < 1.29 is 9.53 Å². The fourth-order valence-corrected chi connectivity index (χ4v) is 2.63. The van der Waals surface area contributed by atoms with Gasteiger partial charge in [0.15, 0.2) is 0 Å². The molecule has 0 spiro atoms. The highest BCUT2D eigenvalue weighted by atomic mass is 79.9. The number of pyridine rings is 1. The number of methoxy groups -OCH3 is 1. The Hall–Kier alpha value is -0.750. The van der Waals surface area contributed by atoms with Crippen LogP contribution in [0, 0.1) is 5.92 Å². The number of amides is 1. The first kappa shape index (κ1) is 12.7. The fraction of sp³-hybridized carbons (Fsp3) is 0.455. The van der Waals surface area contributed by atoms with Crippen LogP contribution in [0.4, 0.5) is 5.69 Å². The van der Waals surface area contributed by atoms with E-state index in [4.69, 9.17) is 4.74 Å². The molecule has 1 fully saturated rings. The van der Waals surface area contributed by atoms with E-state index in [0.29, 0.717) is 29.4 Å². The maximum atomic E-state index is 11.9. The van der Waals surface area contributed by atoms with E-state index in [-0.39, 0.29) is 5.91 Å². The number of rotatable bonds is 3. The summed E-state index contributed by atoms with van der Waals surface area (Å²) in [7, 11) is 1.56. The van der Waals surface area contributed by atoms with Gasteiger partial charge >= 0.3 is 0 Å². The molecule has 4 nitrogen and oxygen atoms in total. The third-order valence-corrected chi connectivity index (χ3v) is 3.87. The number of anilines is 1. The van der Waals surface area contributed by atoms with Gasteiger partial charge in [0, 0.05) is 19.0 Å². The van der Waals surface area contributed by atoms with Gasteiger partial charge in [0.1, 0.15) is 4.60 Å². The highest BCUT2D eigenvalue weighted by molar-refractivity contribution is 9.10. The number of hydrogen-bond acceptors (Lipinski definition) is 4. The molecule has 0 N–H and O–H groups in total. The van der Waals surface area contributed by atoms with Crippen LogP contribution in [0.2, 0.25) is 0 Å². The van der Waals surface area contributed by atoms with Gasteiger partial charge in [0.25, 0.3) is 0 Å². The largest absolute Gasteiger partial charge is 0.481 e. The van der Waals surface area contributed by atoms with Crippen molar-refractivity contribution in [2.24, 2.45) is 5.92 Å². The number of thiol groups is 1. The van der Waals surface area contributed by atoms with Crippen LogP contribution in [0.1, 0.15) is 6.42 Å². The molecule has 1 aliphatic rings. The Morgan fingerprint density at radius 2 is 2.41 bits per heavy atom. The van der Waals surface area contributed by atoms with Crippen LogP contribution in [0.25, 0.3) is 0 Å². The van der Waals surface area contributed by atoms with Crippen molar-refractivity contribution in [1.29, 1.82) is 0 Å². The standard InChI is InChI=1S/C11H13BrN2O2S/c1-16-9-3-2-8(11(12)13-9)14-5-7(6-17)4-10(14)15/h2-3,7,17H,4-6H2,1H3. The van der Waals surface area contributed by atoms with Crippen molar-refractivity contribution in [3.63, 3.8) is 0 Å². The Labute approximate surface area is 114 Å². The van der Waals surface area contributed by atoms with Crippen molar-refractivity contribution in [1.82, 2.24) is 4.98 Å². The molecular weight excluding hydrogens is 304 g/mol. The molecule has 1 aliphatic heterocycles. The molecule has 0 aliphatic carbocycles. The number of carbonyl (C=O) groups is 1. The summed E-state index contributed by atoms with van der Waals surface area (Å²) < 4.78 is 5.65. The van der Waals surface area contributed by atoms with Crippen molar-refractivity contribution in [3.05, 3.63) is 16.7 Å². The summed E-state index contributed by atoms with van der Waals surface area (Å²) in [5, 5.41) is 0. The summed E-state index contributed by atoms with van der Waals surface area (Å²) in [6.07, 6.45) is 0.558. The average molecular weight is 317 g/mol. The molecule has 0 aromatic carbocycles. The molecule has 2 heterocycles. The van der Waals surface area contributed by atoms with Crippen LogP contribution in [0.3, 0.4) is 0 Å². The van der Waals surface area contributed by atoms with Crippen LogP contribution in [-0.4, -0.2) is 30.3 Å². The van der Waals surface area contributed by atoms with Crippen molar-refractivity contribution >= 4 is 40.2 Å².